The van der Waals surface area contributed by atoms with E-state index < -0.39 is 23.2 Å². The van der Waals surface area contributed by atoms with Crippen LogP contribution in [0.4, 0.5) is 10.5 Å². The van der Waals surface area contributed by atoms with Crippen molar-refractivity contribution in [3.63, 3.8) is 0 Å². The van der Waals surface area contributed by atoms with E-state index in [2.05, 4.69) is 10.6 Å². The number of nitrogens with one attached hydrogen (secondary N) is 2. The molecule has 0 atom stereocenters. The number of ether oxygens (including phenoxy) is 1. The van der Waals surface area contributed by atoms with Gasteiger partial charge in [0.25, 0.3) is 0 Å². The minimum absolute atomic E-state index is 0.288. The molecule has 1 aromatic rings. The summed E-state index contributed by atoms with van der Waals surface area (Å²) in [5.74, 6) is -1.31. The second kappa shape index (κ2) is 7.59. The van der Waals surface area contributed by atoms with E-state index in [1.165, 1.54) is 6.08 Å². The molecule has 140 valence electrons. The normalized spacial score (nSPS) is 15.8. The lowest BCUT2D eigenvalue weighted by Crippen LogP contribution is -2.61. The summed E-state index contributed by atoms with van der Waals surface area (Å²) in [5.41, 5.74) is -0.315. The van der Waals surface area contributed by atoms with E-state index in [0.29, 0.717) is 24.1 Å². The summed E-state index contributed by atoms with van der Waals surface area (Å²) >= 11 is 0. The Morgan fingerprint density at radius 3 is 2.23 bits per heavy atom. The molecule has 2 amide bonds. The molecule has 1 aliphatic rings. The molecule has 7 nitrogen and oxygen atoms in total. The van der Waals surface area contributed by atoms with Crippen molar-refractivity contribution in [3.8, 4) is 0 Å². The average molecular weight is 360 g/mol. The Hall–Kier alpha value is -2.83. The van der Waals surface area contributed by atoms with Crippen LogP contribution in [-0.4, -0.2) is 34.2 Å². The fourth-order valence-corrected chi connectivity index (χ4v) is 2.53. The summed E-state index contributed by atoms with van der Waals surface area (Å²) in [6.07, 6.45) is 3.85. The minimum Gasteiger partial charge on any atom is -0.478 e. The van der Waals surface area contributed by atoms with Gasteiger partial charge >= 0.3 is 12.1 Å². The Labute approximate surface area is 152 Å². The van der Waals surface area contributed by atoms with Gasteiger partial charge in [0.05, 0.1) is 0 Å². The third-order valence-corrected chi connectivity index (χ3v) is 3.97. The van der Waals surface area contributed by atoms with Crippen LogP contribution in [0.1, 0.15) is 45.6 Å². The molecule has 0 saturated heterocycles. The van der Waals surface area contributed by atoms with Gasteiger partial charge < -0.3 is 20.5 Å². The Morgan fingerprint density at radius 1 is 1.15 bits per heavy atom. The van der Waals surface area contributed by atoms with Gasteiger partial charge in [-0.1, -0.05) is 12.1 Å². The molecule has 1 aromatic carbocycles. The molecule has 0 radical (unpaired) electrons. The molecule has 1 aliphatic carbocycles. The lowest BCUT2D eigenvalue weighted by molar-refractivity contribution is -0.131. The highest BCUT2D eigenvalue weighted by Crippen LogP contribution is 2.33. The number of carbonyl (C=O) groups is 3. The fourth-order valence-electron chi connectivity index (χ4n) is 2.53. The number of carboxylic acids is 1. The van der Waals surface area contributed by atoms with Gasteiger partial charge in [-0.05, 0) is 63.8 Å². The maximum atomic E-state index is 12.6. The summed E-state index contributed by atoms with van der Waals surface area (Å²) in [7, 11) is 0. The zero-order valence-electron chi connectivity index (χ0n) is 15.2. The lowest BCUT2D eigenvalue weighted by Gasteiger charge is -2.40. The van der Waals surface area contributed by atoms with Crippen LogP contribution in [-0.2, 0) is 14.3 Å². The van der Waals surface area contributed by atoms with Gasteiger partial charge in [0.1, 0.15) is 11.1 Å². The Balaban J connectivity index is 2.00. The summed E-state index contributed by atoms with van der Waals surface area (Å²) < 4.78 is 5.25. The molecule has 3 N–H and O–H groups in total. The smallest absolute Gasteiger partial charge is 0.408 e. The molecule has 0 heterocycles. The minimum atomic E-state index is -1.03. The first-order valence-electron chi connectivity index (χ1n) is 8.43. The molecule has 2 rings (SSSR count). The predicted octanol–water partition coefficient (Wildman–Crippen LogP) is 3.17. The van der Waals surface area contributed by atoms with E-state index in [4.69, 9.17) is 9.84 Å². The molecule has 0 spiro atoms. The second-order valence-electron chi connectivity index (χ2n) is 7.31. The van der Waals surface area contributed by atoms with Crippen molar-refractivity contribution in [2.24, 2.45) is 0 Å². The van der Waals surface area contributed by atoms with Gasteiger partial charge in [0, 0.05) is 11.8 Å². The Bertz CT molecular complexity index is 712. The third kappa shape index (κ3) is 5.34. The number of benzene rings is 1. The largest absolute Gasteiger partial charge is 0.478 e. The number of anilines is 1. The van der Waals surface area contributed by atoms with Crippen molar-refractivity contribution in [1.29, 1.82) is 0 Å². The maximum absolute atomic E-state index is 12.6. The van der Waals surface area contributed by atoms with Crippen molar-refractivity contribution in [2.45, 2.75) is 51.2 Å². The third-order valence-electron chi connectivity index (χ3n) is 3.97. The van der Waals surface area contributed by atoms with Crippen LogP contribution in [0.2, 0.25) is 0 Å². The standard InChI is InChI=1S/C19H24N2O5/c1-18(2,3)26-17(25)21-19(11-4-12-19)16(24)20-14-8-5-13(6-9-14)7-10-15(22)23/h5-10H,4,11-12H2,1-3H3,(H,20,24)(H,21,25)(H,22,23). The van der Waals surface area contributed by atoms with E-state index >= 15 is 0 Å². The maximum Gasteiger partial charge on any atom is 0.408 e. The molecule has 26 heavy (non-hydrogen) atoms. The quantitative estimate of drug-likeness (QED) is 0.700. The van der Waals surface area contributed by atoms with Gasteiger partial charge in [-0.2, -0.15) is 0 Å². The molecular formula is C19H24N2O5. The number of hydrogen-bond donors (Lipinski definition) is 3. The van der Waals surface area contributed by atoms with E-state index in [-0.39, 0.29) is 5.91 Å². The Morgan fingerprint density at radius 2 is 1.77 bits per heavy atom. The van der Waals surface area contributed by atoms with Crippen LogP contribution in [0.5, 0.6) is 0 Å². The number of hydrogen-bond acceptors (Lipinski definition) is 4. The molecular weight excluding hydrogens is 336 g/mol. The Kier molecular flexibility index (Phi) is 5.69. The van der Waals surface area contributed by atoms with Gasteiger partial charge in [-0.25, -0.2) is 9.59 Å². The highest BCUT2D eigenvalue weighted by atomic mass is 16.6. The van der Waals surface area contributed by atoms with Crippen LogP contribution in [0.25, 0.3) is 6.08 Å². The van der Waals surface area contributed by atoms with Gasteiger partial charge in [-0.3, -0.25) is 4.79 Å². The lowest BCUT2D eigenvalue weighted by atomic mass is 9.76. The molecule has 7 heteroatoms. The number of carbonyl (C=O) groups excluding carboxylic acids is 2. The number of aliphatic carboxylic acids is 1. The van der Waals surface area contributed by atoms with Crippen LogP contribution < -0.4 is 10.6 Å². The molecule has 1 saturated carbocycles. The highest BCUT2D eigenvalue weighted by molar-refractivity contribution is 6.00. The van der Waals surface area contributed by atoms with Crippen molar-refractivity contribution in [1.82, 2.24) is 5.32 Å². The summed E-state index contributed by atoms with van der Waals surface area (Å²) in [5, 5.41) is 14.1. The van der Waals surface area contributed by atoms with E-state index in [1.54, 1.807) is 45.0 Å². The topological polar surface area (TPSA) is 105 Å². The SMILES string of the molecule is CC(C)(C)OC(=O)NC1(C(=O)Nc2ccc(C=CC(=O)O)cc2)CCC1. The zero-order chi connectivity index (χ0) is 19.4. The number of alkyl carbamates (subject to hydrolysis) is 1. The van der Waals surface area contributed by atoms with Gasteiger partial charge in [0.15, 0.2) is 0 Å². The van der Waals surface area contributed by atoms with Gasteiger partial charge in [0.2, 0.25) is 5.91 Å². The average Bonchev–Trinajstić information content (AvgIpc) is 2.48. The van der Waals surface area contributed by atoms with Crippen LogP contribution in [0, 0.1) is 0 Å². The van der Waals surface area contributed by atoms with Crippen molar-refractivity contribution in [2.75, 3.05) is 5.32 Å². The number of carboxylic acid groups (broad SMARTS) is 1. The first kappa shape index (κ1) is 19.5. The number of rotatable bonds is 5. The summed E-state index contributed by atoms with van der Waals surface area (Å²) in [6.45, 7) is 5.29. The second-order valence-corrected chi connectivity index (χ2v) is 7.31. The predicted molar refractivity (Wildman–Crippen MR) is 97.7 cm³/mol. The fraction of sp³-hybridized carbons (Fsp3) is 0.421. The summed E-state index contributed by atoms with van der Waals surface area (Å²) in [4.78, 5) is 35.2. The molecule has 0 unspecified atom stereocenters. The summed E-state index contributed by atoms with van der Waals surface area (Å²) in [6, 6.07) is 6.76. The van der Waals surface area contributed by atoms with Crippen LogP contribution in [0.3, 0.4) is 0 Å². The van der Waals surface area contributed by atoms with Gasteiger partial charge in [-0.15, -0.1) is 0 Å². The molecule has 1 fully saturated rings. The first-order chi connectivity index (χ1) is 12.1. The van der Waals surface area contributed by atoms with Crippen molar-refractivity contribution >= 4 is 29.7 Å². The first-order valence-corrected chi connectivity index (χ1v) is 8.43. The highest BCUT2D eigenvalue weighted by Gasteiger charge is 2.46. The molecule has 0 bridgehead atoms. The van der Waals surface area contributed by atoms with Crippen molar-refractivity contribution in [3.05, 3.63) is 35.9 Å². The monoisotopic (exact) mass is 360 g/mol. The van der Waals surface area contributed by atoms with E-state index in [1.807, 2.05) is 0 Å². The molecule has 0 aliphatic heterocycles. The van der Waals surface area contributed by atoms with Crippen LogP contribution >= 0.6 is 0 Å². The van der Waals surface area contributed by atoms with E-state index in [9.17, 15) is 14.4 Å². The van der Waals surface area contributed by atoms with Crippen LogP contribution in [0.15, 0.2) is 30.3 Å². The van der Waals surface area contributed by atoms with Crippen molar-refractivity contribution < 1.29 is 24.2 Å². The van der Waals surface area contributed by atoms with E-state index in [0.717, 1.165) is 12.5 Å². The molecule has 0 aromatic heterocycles. The number of amides is 2. The zero-order valence-corrected chi connectivity index (χ0v) is 15.2.